The van der Waals surface area contributed by atoms with Crippen molar-refractivity contribution in [3.8, 4) is 28.4 Å². The van der Waals surface area contributed by atoms with Crippen LogP contribution in [0, 0.1) is 5.92 Å². The minimum atomic E-state index is -0.314. The van der Waals surface area contributed by atoms with Gasteiger partial charge < -0.3 is 24.4 Å². The smallest absolute Gasteiger partial charge is 0.217 e. The second kappa shape index (κ2) is 12.0. The molecular formula is C33H38N2O5. The van der Waals surface area contributed by atoms with E-state index in [9.17, 15) is 9.59 Å². The molecule has 7 heteroatoms. The van der Waals surface area contributed by atoms with E-state index in [1.54, 1.807) is 27.4 Å². The van der Waals surface area contributed by atoms with Gasteiger partial charge in [-0.3, -0.25) is 9.59 Å². The van der Waals surface area contributed by atoms with E-state index in [1.807, 2.05) is 18.2 Å². The number of nitrogens with one attached hydrogen (secondary N) is 1. The van der Waals surface area contributed by atoms with Crippen LogP contribution in [-0.2, 0) is 17.6 Å². The van der Waals surface area contributed by atoms with Crippen LogP contribution in [0.1, 0.15) is 48.9 Å². The summed E-state index contributed by atoms with van der Waals surface area (Å²) in [7, 11) is 4.80. The Hall–Kier alpha value is -4.00. The number of carbonyl (C=O) groups excluding carboxylic acids is 1. The fourth-order valence-corrected chi connectivity index (χ4v) is 6.29. The summed E-state index contributed by atoms with van der Waals surface area (Å²) in [4.78, 5) is 28.2. The van der Waals surface area contributed by atoms with Gasteiger partial charge in [0.1, 0.15) is 0 Å². The van der Waals surface area contributed by atoms with Gasteiger partial charge in [0.15, 0.2) is 11.5 Å². The van der Waals surface area contributed by atoms with Gasteiger partial charge in [-0.15, -0.1) is 0 Å². The van der Waals surface area contributed by atoms with Gasteiger partial charge in [0.05, 0.1) is 33.1 Å². The number of anilines is 1. The molecule has 0 unspecified atom stereocenters. The van der Waals surface area contributed by atoms with Crippen molar-refractivity contribution in [2.75, 3.05) is 39.3 Å². The molecule has 0 radical (unpaired) electrons. The molecule has 1 heterocycles. The van der Waals surface area contributed by atoms with Crippen molar-refractivity contribution in [2.45, 2.75) is 45.1 Å². The maximum atomic E-state index is 13.8. The molecule has 1 N–H and O–H groups in total. The second-order valence-corrected chi connectivity index (χ2v) is 10.7. The summed E-state index contributed by atoms with van der Waals surface area (Å²) >= 11 is 0. The van der Waals surface area contributed by atoms with Crippen LogP contribution in [0.4, 0.5) is 5.69 Å². The first-order valence-electron chi connectivity index (χ1n) is 14.0. The summed E-state index contributed by atoms with van der Waals surface area (Å²) in [5, 5.41) is 3.08. The second-order valence-electron chi connectivity index (χ2n) is 10.7. The zero-order valence-corrected chi connectivity index (χ0v) is 23.8. The van der Waals surface area contributed by atoms with Gasteiger partial charge in [0.25, 0.3) is 0 Å². The Morgan fingerprint density at radius 1 is 0.925 bits per heavy atom. The number of methoxy groups -OCH3 is 3. The monoisotopic (exact) mass is 542 g/mol. The Bertz CT molecular complexity index is 1430. The van der Waals surface area contributed by atoms with Crippen LogP contribution in [-0.4, -0.2) is 40.3 Å². The molecule has 1 aliphatic carbocycles. The van der Waals surface area contributed by atoms with E-state index in [1.165, 1.54) is 12.5 Å². The molecule has 1 saturated heterocycles. The third kappa shape index (κ3) is 5.51. The highest BCUT2D eigenvalue weighted by Crippen LogP contribution is 2.50. The summed E-state index contributed by atoms with van der Waals surface area (Å²) < 4.78 is 17.2. The van der Waals surface area contributed by atoms with Gasteiger partial charge in [0.2, 0.25) is 17.1 Å². The molecule has 7 nitrogen and oxygen atoms in total. The Morgan fingerprint density at radius 3 is 2.30 bits per heavy atom. The van der Waals surface area contributed by atoms with Crippen molar-refractivity contribution in [1.29, 1.82) is 0 Å². The third-order valence-corrected chi connectivity index (χ3v) is 8.22. The molecule has 5 rings (SSSR count). The number of rotatable bonds is 7. The van der Waals surface area contributed by atoms with Gasteiger partial charge in [0, 0.05) is 25.6 Å². The fourth-order valence-electron chi connectivity index (χ4n) is 6.29. The van der Waals surface area contributed by atoms with Crippen LogP contribution in [0.15, 0.2) is 59.4 Å². The van der Waals surface area contributed by atoms with Gasteiger partial charge in [-0.05, 0) is 78.5 Å². The average molecular weight is 543 g/mol. The minimum Gasteiger partial charge on any atom is -0.493 e. The van der Waals surface area contributed by atoms with E-state index in [-0.39, 0.29) is 17.4 Å². The van der Waals surface area contributed by atoms with Crippen molar-refractivity contribution >= 4 is 11.6 Å². The number of hydrogen-bond acceptors (Lipinski definition) is 6. The van der Waals surface area contributed by atoms with Gasteiger partial charge >= 0.3 is 0 Å². The first-order chi connectivity index (χ1) is 19.4. The molecule has 1 fully saturated rings. The topological polar surface area (TPSA) is 77.1 Å². The quantitative estimate of drug-likeness (QED) is 0.435. The van der Waals surface area contributed by atoms with Gasteiger partial charge in [-0.2, -0.15) is 0 Å². The molecule has 0 bridgehead atoms. The first kappa shape index (κ1) is 27.6. The van der Waals surface area contributed by atoms with Gasteiger partial charge in [-0.1, -0.05) is 36.4 Å². The first-order valence-corrected chi connectivity index (χ1v) is 14.0. The standard InChI is InChI=1S/C33H38N2O5/c1-21(36)34-27-12-10-24-19-30(38-2)32(39-3)33(40-4)31(24)25-11-13-28(29(37)20-26(25)27)35-16-14-23(15-17-35)18-22-8-6-5-7-9-22/h5-9,11,13,19-20,23,27H,10,12,14-18H2,1-4H3,(H,34,36)/t27-/m0/s1. The summed E-state index contributed by atoms with van der Waals surface area (Å²) in [5.74, 6) is 2.11. The van der Waals surface area contributed by atoms with Crippen LogP contribution in [0.2, 0.25) is 0 Å². The lowest BCUT2D eigenvalue weighted by molar-refractivity contribution is -0.119. The molecule has 0 spiro atoms. The average Bonchev–Trinajstić information content (AvgIpc) is 3.21. The van der Waals surface area contributed by atoms with Crippen molar-refractivity contribution in [3.63, 3.8) is 0 Å². The van der Waals surface area contributed by atoms with Gasteiger partial charge in [-0.25, -0.2) is 0 Å². The molecule has 2 aliphatic rings. The van der Waals surface area contributed by atoms with E-state index in [0.717, 1.165) is 54.6 Å². The number of ether oxygens (including phenoxy) is 3. The van der Waals surface area contributed by atoms with E-state index in [0.29, 0.717) is 41.7 Å². The molecule has 1 atom stereocenters. The van der Waals surface area contributed by atoms with E-state index < -0.39 is 0 Å². The normalized spacial score (nSPS) is 16.8. The number of nitrogens with zero attached hydrogens (tertiary/aromatic N) is 1. The molecule has 3 aromatic rings. The highest BCUT2D eigenvalue weighted by Gasteiger charge is 2.30. The van der Waals surface area contributed by atoms with Crippen LogP contribution in [0.25, 0.3) is 11.1 Å². The summed E-state index contributed by atoms with van der Waals surface area (Å²) in [6, 6.07) is 17.9. The highest BCUT2D eigenvalue weighted by molar-refractivity contribution is 5.83. The SMILES string of the molecule is COc1cc2c(c(OC)c1OC)-c1ccc(N3CCC(Cc4ccccc4)CC3)c(=O)cc1[C@@H](NC(C)=O)CC2. The highest BCUT2D eigenvalue weighted by atomic mass is 16.5. The number of carbonyl (C=O) groups is 1. The predicted octanol–water partition coefficient (Wildman–Crippen LogP) is 5.32. The van der Waals surface area contributed by atoms with E-state index in [2.05, 4.69) is 40.5 Å². The molecule has 3 aromatic carbocycles. The predicted molar refractivity (Wildman–Crippen MR) is 158 cm³/mol. The Morgan fingerprint density at radius 2 is 1.65 bits per heavy atom. The lowest BCUT2D eigenvalue weighted by atomic mass is 9.90. The molecule has 0 saturated carbocycles. The Balaban J connectivity index is 1.55. The lowest BCUT2D eigenvalue weighted by Gasteiger charge is -2.33. The van der Waals surface area contributed by atoms with Crippen molar-refractivity contribution < 1.29 is 19.0 Å². The van der Waals surface area contributed by atoms with Crippen molar-refractivity contribution in [3.05, 3.63) is 81.5 Å². The molecule has 210 valence electrons. The summed E-state index contributed by atoms with van der Waals surface area (Å²) in [5.41, 5.74) is 5.54. The van der Waals surface area contributed by atoms with Crippen LogP contribution < -0.4 is 29.9 Å². The number of fused-ring (bicyclic) bond motifs is 3. The van der Waals surface area contributed by atoms with Crippen LogP contribution in [0.5, 0.6) is 17.2 Å². The zero-order chi connectivity index (χ0) is 28.2. The Labute approximate surface area is 236 Å². The maximum Gasteiger partial charge on any atom is 0.217 e. The van der Waals surface area contributed by atoms with Crippen LogP contribution >= 0.6 is 0 Å². The number of benzene rings is 2. The van der Waals surface area contributed by atoms with Crippen LogP contribution in [0.3, 0.4) is 0 Å². The zero-order valence-electron chi connectivity index (χ0n) is 23.8. The number of hydrogen-bond donors (Lipinski definition) is 1. The molecule has 1 aliphatic heterocycles. The molecule has 1 amide bonds. The number of amides is 1. The molecule has 40 heavy (non-hydrogen) atoms. The summed E-state index contributed by atoms with van der Waals surface area (Å²) in [6.45, 7) is 3.18. The maximum absolute atomic E-state index is 13.8. The largest absolute Gasteiger partial charge is 0.493 e. The third-order valence-electron chi connectivity index (χ3n) is 8.22. The van der Waals surface area contributed by atoms with E-state index >= 15 is 0 Å². The number of piperidine rings is 1. The van der Waals surface area contributed by atoms with Crippen molar-refractivity contribution in [2.24, 2.45) is 5.92 Å². The fraction of sp³-hybridized carbons (Fsp3) is 0.394. The number of aryl methyl sites for hydroxylation is 1. The molecular weight excluding hydrogens is 504 g/mol. The molecule has 0 aromatic heterocycles. The van der Waals surface area contributed by atoms with E-state index in [4.69, 9.17) is 14.2 Å². The lowest BCUT2D eigenvalue weighted by Crippen LogP contribution is -2.36. The van der Waals surface area contributed by atoms with Crippen molar-refractivity contribution in [1.82, 2.24) is 5.32 Å². The summed E-state index contributed by atoms with van der Waals surface area (Å²) in [6.07, 6.45) is 4.45. The Kier molecular flexibility index (Phi) is 8.29. The minimum absolute atomic E-state index is 0.0407.